The van der Waals surface area contributed by atoms with Crippen molar-refractivity contribution in [1.29, 1.82) is 0 Å². The Morgan fingerprint density at radius 3 is 1.79 bits per heavy atom. The van der Waals surface area contributed by atoms with E-state index < -0.39 is 33.1 Å². The highest BCUT2D eigenvalue weighted by Gasteiger charge is 2.23. The molecule has 0 heterocycles. The van der Waals surface area contributed by atoms with E-state index in [9.17, 15) is 34.9 Å². The number of hydrogen-bond donors (Lipinski definition) is 2. The van der Waals surface area contributed by atoms with Crippen LogP contribution in [0.3, 0.4) is 0 Å². The fraction of sp³-hybridized carbons (Fsp3) is 0.300. The van der Waals surface area contributed by atoms with Crippen molar-refractivity contribution < 1.29 is 43.9 Å². The number of carbonyl (C=O) groups is 2. The fourth-order valence-electron chi connectivity index (χ4n) is 2.25. The minimum Gasteiger partial charge on any atom is -0.508 e. The second kappa shape index (κ2) is 11.4. The van der Waals surface area contributed by atoms with Crippen LogP contribution in [0.2, 0.25) is 0 Å². The highest BCUT2D eigenvalue weighted by atomic mass is 16.6. The molecule has 33 heavy (non-hydrogen) atoms. The SMILES string of the molecule is COC(=O)c1cc(O)ccc1[N+](=O)[O-].COC(=O)c1cc(OCC(C)(C)O)ccc1[N+](=O)[O-]. The van der Waals surface area contributed by atoms with E-state index in [1.165, 1.54) is 12.1 Å². The van der Waals surface area contributed by atoms with E-state index in [2.05, 4.69) is 9.47 Å². The van der Waals surface area contributed by atoms with Crippen LogP contribution in [0.5, 0.6) is 11.5 Å². The van der Waals surface area contributed by atoms with Crippen LogP contribution in [0.25, 0.3) is 0 Å². The number of methoxy groups -OCH3 is 2. The minimum absolute atomic E-state index is 0.00851. The maximum absolute atomic E-state index is 11.5. The van der Waals surface area contributed by atoms with Crippen LogP contribution >= 0.6 is 0 Å². The van der Waals surface area contributed by atoms with Gasteiger partial charge in [-0.3, -0.25) is 20.2 Å². The molecular formula is C20H22N2O11. The lowest BCUT2D eigenvalue weighted by molar-refractivity contribution is -0.385. The van der Waals surface area contributed by atoms with Gasteiger partial charge in [-0.2, -0.15) is 0 Å². The maximum Gasteiger partial charge on any atom is 0.345 e. The topological polar surface area (TPSA) is 189 Å². The van der Waals surface area contributed by atoms with Crippen molar-refractivity contribution >= 4 is 23.3 Å². The number of aliphatic hydroxyl groups is 1. The van der Waals surface area contributed by atoms with Crippen LogP contribution in [0.1, 0.15) is 34.6 Å². The van der Waals surface area contributed by atoms with Gasteiger partial charge in [-0.05, 0) is 26.0 Å². The number of nitro benzene ring substituents is 2. The third-order valence-electron chi connectivity index (χ3n) is 3.74. The second-order valence-electron chi connectivity index (χ2n) is 6.98. The molecule has 0 aliphatic heterocycles. The molecule has 0 aliphatic rings. The van der Waals surface area contributed by atoms with E-state index in [0.29, 0.717) is 0 Å². The molecule has 2 aromatic rings. The lowest BCUT2D eigenvalue weighted by Gasteiger charge is -2.17. The fourth-order valence-corrected chi connectivity index (χ4v) is 2.25. The molecule has 178 valence electrons. The molecule has 2 aromatic carbocycles. The molecule has 0 aliphatic carbocycles. The summed E-state index contributed by atoms with van der Waals surface area (Å²) < 4.78 is 14.1. The third kappa shape index (κ3) is 8.06. The van der Waals surface area contributed by atoms with Crippen LogP contribution in [-0.2, 0) is 9.47 Å². The summed E-state index contributed by atoms with van der Waals surface area (Å²) in [6.45, 7) is 3.10. The van der Waals surface area contributed by atoms with Crippen molar-refractivity contribution in [3.8, 4) is 11.5 Å². The molecule has 0 unspecified atom stereocenters. The number of ether oxygens (including phenoxy) is 3. The molecule has 0 saturated carbocycles. The van der Waals surface area contributed by atoms with Crippen LogP contribution in [0.4, 0.5) is 11.4 Å². The van der Waals surface area contributed by atoms with Crippen LogP contribution in [0.15, 0.2) is 36.4 Å². The number of phenols is 1. The Hall–Kier alpha value is -4.26. The van der Waals surface area contributed by atoms with Gasteiger partial charge in [0.05, 0.1) is 29.7 Å². The van der Waals surface area contributed by atoms with Crippen molar-refractivity contribution in [2.45, 2.75) is 19.4 Å². The summed E-state index contributed by atoms with van der Waals surface area (Å²) in [6, 6.07) is 6.90. The van der Waals surface area contributed by atoms with Gasteiger partial charge in [-0.1, -0.05) is 0 Å². The Labute approximate surface area is 187 Å². The van der Waals surface area contributed by atoms with E-state index in [-0.39, 0.29) is 34.9 Å². The summed E-state index contributed by atoms with van der Waals surface area (Å²) in [4.78, 5) is 42.4. The molecule has 2 N–H and O–H groups in total. The molecule has 13 nitrogen and oxygen atoms in total. The van der Waals surface area contributed by atoms with Gasteiger partial charge in [0.1, 0.15) is 29.2 Å². The summed E-state index contributed by atoms with van der Waals surface area (Å²) in [5.74, 6) is -1.66. The van der Waals surface area contributed by atoms with Gasteiger partial charge in [-0.25, -0.2) is 9.59 Å². The maximum atomic E-state index is 11.5. The largest absolute Gasteiger partial charge is 0.508 e. The number of nitro groups is 2. The summed E-state index contributed by atoms with van der Waals surface area (Å²) in [6.07, 6.45) is 0. The number of phenolic OH excluding ortho intramolecular Hbond substituents is 1. The van der Waals surface area contributed by atoms with Crippen molar-refractivity contribution in [3.05, 3.63) is 67.8 Å². The van der Waals surface area contributed by atoms with Crippen LogP contribution in [-0.4, -0.2) is 58.4 Å². The quantitative estimate of drug-likeness (QED) is 0.346. The van der Waals surface area contributed by atoms with Gasteiger partial charge in [0, 0.05) is 24.3 Å². The van der Waals surface area contributed by atoms with E-state index in [1.54, 1.807) is 13.8 Å². The van der Waals surface area contributed by atoms with Crippen LogP contribution < -0.4 is 4.74 Å². The zero-order valence-electron chi connectivity index (χ0n) is 18.1. The molecule has 0 aromatic heterocycles. The Kier molecular flexibility index (Phi) is 9.24. The summed E-state index contributed by atoms with van der Waals surface area (Å²) in [7, 11) is 2.24. The lowest BCUT2D eigenvalue weighted by Crippen LogP contribution is -2.27. The van der Waals surface area contributed by atoms with Gasteiger partial charge in [0.2, 0.25) is 0 Å². The first-order valence-corrected chi connectivity index (χ1v) is 9.08. The molecule has 0 fully saturated rings. The highest BCUT2D eigenvalue weighted by Crippen LogP contribution is 2.25. The average Bonchev–Trinajstić information content (AvgIpc) is 2.75. The molecule has 0 atom stereocenters. The predicted octanol–water partition coefficient (Wildman–Crippen LogP) is 2.62. The average molecular weight is 466 g/mol. The smallest absolute Gasteiger partial charge is 0.345 e. The molecule has 0 saturated heterocycles. The molecule has 2 rings (SSSR count). The summed E-state index contributed by atoms with van der Waals surface area (Å²) in [5, 5.41) is 39.8. The number of aromatic hydroxyl groups is 1. The number of rotatable bonds is 7. The second-order valence-corrected chi connectivity index (χ2v) is 6.98. The summed E-state index contributed by atoms with van der Waals surface area (Å²) in [5.41, 5.74) is -2.26. The predicted molar refractivity (Wildman–Crippen MR) is 112 cm³/mol. The minimum atomic E-state index is -1.05. The Balaban J connectivity index is 0.000000346. The zero-order valence-corrected chi connectivity index (χ0v) is 18.1. The molecule has 13 heteroatoms. The van der Waals surface area contributed by atoms with Crippen molar-refractivity contribution in [3.63, 3.8) is 0 Å². The number of benzene rings is 2. The number of nitrogens with zero attached hydrogens (tertiary/aromatic N) is 2. The summed E-state index contributed by atoms with van der Waals surface area (Å²) >= 11 is 0. The Morgan fingerprint density at radius 1 is 0.909 bits per heavy atom. The van der Waals surface area contributed by atoms with Gasteiger partial charge < -0.3 is 24.4 Å². The van der Waals surface area contributed by atoms with Crippen molar-refractivity contribution in [2.75, 3.05) is 20.8 Å². The Morgan fingerprint density at radius 2 is 1.36 bits per heavy atom. The first kappa shape index (κ1) is 26.8. The number of hydrogen-bond acceptors (Lipinski definition) is 11. The van der Waals surface area contributed by atoms with Gasteiger partial charge >= 0.3 is 11.9 Å². The first-order chi connectivity index (χ1) is 15.3. The van der Waals surface area contributed by atoms with Crippen LogP contribution in [0, 0.1) is 20.2 Å². The normalized spacial score (nSPS) is 10.3. The van der Waals surface area contributed by atoms with E-state index in [1.807, 2.05) is 0 Å². The lowest BCUT2D eigenvalue weighted by atomic mass is 10.1. The number of carbonyl (C=O) groups excluding carboxylic acids is 2. The highest BCUT2D eigenvalue weighted by molar-refractivity contribution is 5.94. The third-order valence-corrected chi connectivity index (χ3v) is 3.74. The van der Waals surface area contributed by atoms with Crippen molar-refractivity contribution in [1.82, 2.24) is 0 Å². The number of esters is 2. The van der Waals surface area contributed by atoms with Crippen molar-refractivity contribution in [2.24, 2.45) is 0 Å². The standard InChI is InChI=1S/C12H15NO6.C8H7NO5/c1-12(2,15)7-19-8-4-5-10(13(16)17)9(6-8)11(14)18-3;1-14-8(11)6-4-5(10)2-3-7(6)9(12)13/h4-6,15H,7H2,1-3H3;2-4,10H,1H3. The first-order valence-electron chi connectivity index (χ1n) is 9.08. The molecule has 0 amide bonds. The van der Waals surface area contributed by atoms with Gasteiger partial charge in [0.25, 0.3) is 11.4 Å². The zero-order chi connectivity index (χ0) is 25.3. The van der Waals surface area contributed by atoms with E-state index in [0.717, 1.165) is 38.5 Å². The van der Waals surface area contributed by atoms with Gasteiger partial charge in [-0.15, -0.1) is 0 Å². The molecular weight excluding hydrogens is 444 g/mol. The molecule has 0 radical (unpaired) electrons. The van der Waals surface area contributed by atoms with E-state index >= 15 is 0 Å². The van der Waals surface area contributed by atoms with E-state index in [4.69, 9.17) is 9.84 Å². The van der Waals surface area contributed by atoms with Gasteiger partial charge in [0.15, 0.2) is 0 Å². The Bertz CT molecular complexity index is 1040. The monoisotopic (exact) mass is 466 g/mol. The molecule has 0 bridgehead atoms. The molecule has 0 spiro atoms.